The van der Waals surface area contributed by atoms with Gasteiger partial charge < -0.3 is 0 Å². The first-order chi connectivity index (χ1) is 6.38. The molecule has 0 aromatic rings. The van der Waals surface area contributed by atoms with E-state index in [1.54, 1.807) is 0 Å². The molecule has 0 amide bonds. The largest absolute Gasteiger partial charge is 0.299 e. The van der Waals surface area contributed by atoms with E-state index in [9.17, 15) is 4.79 Å². The Kier molecular flexibility index (Phi) is 1.93. The second kappa shape index (κ2) is 2.71. The van der Waals surface area contributed by atoms with Crippen LogP contribution in [0.1, 0.15) is 46.5 Å². The summed E-state index contributed by atoms with van der Waals surface area (Å²) in [6.45, 7) is 11.0. The van der Waals surface area contributed by atoms with Crippen LogP contribution >= 0.6 is 0 Å². The maximum atomic E-state index is 11.9. The van der Waals surface area contributed by atoms with Gasteiger partial charge >= 0.3 is 0 Å². The van der Waals surface area contributed by atoms with Gasteiger partial charge in [-0.15, -0.1) is 0 Å². The highest BCUT2D eigenvalue weighted by molar-refractivity contribution is 5.86. The zero-order valence-electron chi connectivity index (χ0n) is 9.52. The number of hydrogen-bond donors (Lipinski definition) is 0. The number of allylic oxidation sites excluding steroid dienone is 1. The summed E-state index contributed by atoms with van der Waals surface area (Å²) in [5, 5.41) is 0. The minimum atomic E-state index is 0.159. The van der Waals surface area contributed by atoms with E-state index in [-0.39, 0.29) is 16.7 Å². The van der Waals surface area contributed by atoms with Gasteiger partial charge in [-0.3, -0.25) is 4.79 Å². The van der Waals surface area contributed by atoms with Gasteiger partial charge in [0.1, 0.15) is 5.78 Å². The van der Waals surface area contributed by atoms with Crippen molar-refractivity contribution in [3.05, 3.63) is 12.2 Å². The van der Waals surface area contributed by atoms with Crippen molar-refractivity contribution in [1.82, 2.24) is 0 Å². The average molecular weight is 192 g/mol. The molecule has 2 saturated carbocycles. The molecule has 0 aliphatic heterocycles. The standard InChI is InChI=1S/C13H20O/c1-9-8-12(2,3)13(4)7-5-6-10(14)11(9)13/h11H,1,5-8H2,2-4H3/t11-,13+/m0/s1. The number of hydrogen-bond acceptors (Lipinski definition) is 1. The SMILES string of the molecule is C=C1CC(C)(C)[C@]2(C)CCCC(=O)[C@H]12. The molecule has 2 aliphatic carbocycles. The zero-order chi connectivity index (χ0) is 10.6. The summed E-state index contributed by atoms with van der Waals surface area (Å²) in [6.07, 6.45) is 4.06. The van der Waals surface area contributed by atoms with Gasteiger partial charge in [0.25, 0.3) is 0 Å². The molecule has 78 valence electrons. The van der Waals surface area contributed by atoms with Crippen LogP contribution < -0.4 is 0 Å². The Morgan fingerprint density at radius 1 is 1.36 bits per heavy atom. The van der Waals surface area contributed by atoms with Gasteiger partial charge in [-0.1, -0.05) is 32.9 Å². The highest BCUT2D eigenvalue weighted by Gasteiger charge is 2.56. The van der Waals surface area contributed by atoms with Crippen LogP contribution in [0.3, 0.4) is 0 Å². The average Bonchev–Trinajstić information content (AvgIpc) is 2.19. The van der Waals surface area contributed by atoms with Gasteiger partial charge in [0.05, 0.1) is 0 Å². The van der Waals surface area contributed by atoms with Crippen LogP contribution in [-0.4, -0.2) is 5.78 Å². The van der Waals surface area contributed by atoms with Gasteiger partial charge in [-0.25, -0.2) is 0 Å². The topological polar surface area (TPSA) is 17.1 Å². The summed E-state index contributed by atoms with van der Waals surface area (Å²) in [6, 6.07) is 0. The van der Waals surface area contributed by atoms with E-state index in [1.807, 2.05) is 0 Å². The molecule has 0 unspecified atom stereocenters. The van der Waals surface area contributed by atoms with Gasteiger partial charge in [0.2, 0.25) is 0 Å². The third-order valence-electron chi connectivity index (χ3n) is 4.70. The number of ketones is 1. The highest BCUT2D eigenvalue weighted by atomic mass is 16.1. The molecule has 0 aromatic heterocycles. The number of fused-ring (bicyclic) bond motifs is 1. The normalized spacial score (nSPS) is 41.2. The molecule has 2 atom stereocenters. The minimum absolute atomic E-state index is 0.159. The quantitative estimate of drug-likeness (QED) is 0.538. The second-order valence-corrected chi connectivity index (χ2v) is 5.89. The molecule has 0 radical (unpaired) electrons. The molecule has 1 nitrogen and oxygen atoms in total. The predicted octanol–water partition coefficient (Wildman–Crippen LogP) is 3.35. The van der Waals surface area contributed by atoms with Crippen LogP contribution in [0.25, 0.3) is 0 Å². The first-order valence-corrected chi connectivity index (χ1v) is 5.59. The summed E-state index contributed by atoms with van der Waals surface area (Å²) in [5.41, 5.74) is 1.62. The molecule has 2 aliphatic rings. The fraction of sp³-hybridized carbons (Fsp3) is 0.769. The first-order valence-electron chi connectivity index (χ1n) is 5.59. The van der Waals surface area contributed by atoms with E-state index in [0.29, 0.717) is 5.78 Å². The minimum Gasteiger partial charge on any atom is -0.299 e. The fourth-order valence-corrected chi connectivity index (χ4v) is 3.55. The molecule has 0 saturated heterocycles. The summed E-state index contributed by atoms with van der Waals surface area (Å²) in [7, 11) is 0. The molecule has 0 aromatic carbocycles. The van der Waals surface area contributed by atoms with Crippen molar-refractivity contribution in [1.29, 1.82) is 0 Å². The summed E-state index contributed by atoms with van der Waals surface area (Å²) in [4.78, 5) is 11.9. The lowest BCUT2D eigenvalue weighted by molar-refractivity contribution is -0.129. The van der Waals surface area contributed by atoms with Crippen molar-refractivity contribution < 1.29 is 4.79 Å². The van der Waals surface area contributed by atoms with E-state index in [0.717, 1.165) is 19.3 Å². The van der Waals surface area contributed by atoms with Gasteiger partial charge in [-0.2, -0.15) is 0 Å². The Bertz CT molecular complexity index is 300. The smallest absolute Gasteiger partial charge is 0.140 e. The Balaban J connectivity index is 2.45. The summed E-state index contributed by atoms with van der Waals surface area (Å²) < 4.78 is 0. The van der Waals surface area contributed by atoms with E-state index in [2.05, 4.69) is 27.4 Å². The van der Waals surface area contributed by atoms with Crippen molar-refractivity contribution in [3.63, 3.8) is 0 Å². The number of rotatable bonds is 0. The number of carbonyl (C=O) groups is 1. The van der Waals surface area contributed by atoms with Crippen LogP contribution in [0, 0.1) is 16.7 Å². The molecule has 2 fully saturated rings. The van der Waals surface area contributed by atoms with E-state index in [4.69, 9.17) is 0 Å². The Morgan fingerprint density at radius 3 is 2.57 bits per heavy atom. The number of Topliss-reactive ketones (excluding diaryl/α,β-unsaturated/α-hetero) is 1. The first kappa shape index (κ1) is 9.95. The van der Waals surface area contributed by atoms with Crippen molar-refractivity contribution in [3.8, 4) is 0 Å². The van der Waals surface area contributed by atoms with Crippen LogP contribution in [0.5, 0.6) is 0 Å². The molecule has 0 bridgehead atoms. The molecular weight excluding hydrogens is 172 g/mol. The Morgan fingerprint density at radius 2 is 2.00 bits per heavy atom. The molecule has 0 heterocycles. The number of carbonyl (C=O) groups excluding carboxylic acids is 1. The van der Waals surface area contributed by atoms with Gasteiger partial charge in [0.15, 0.2) is 0 Å². The van der Waals surface area contributed by atoms with Crippen LogP contribution in [0.2, 0.25) is 0 Å². The predicted molar refractivity (Wildman–Crippen MR) is 58.0 cm³/mol. The maximum Gasteiger partial charge on any atom is 0.140 e. The highest BCUT2D eigenvalue weighted by Crippen LogP contribution is 2.62. The van der Waals surface area contributed by atoms with Gasteiger partial charge in [0, 0.05) is 12.3 Å². The molecule has 1 heteroatoms. The fourth-order valence-electron chi connectivity index (χ4n) is 3.55. The molecule has 0 N–H and O–H groups in total. The third-order valence-corrected chi connectivity index (χ3v) is 4.70. The molecule has 0 spiro atoms. The van der Waals surface area contributed by atoms with E-state index >= 15 is 0 Å². The lowest BCUT2D eigenvalue weighted by atomic mass is 9.59. The van der Waals surface area contributed by atoms with E-state index in [1.165, 1.54) is 12.0 Å². The lowest BCUT2D eigenvalue weighted by Gasteiger charge is -2.44. The zero-order valence-corrected chi connectivity index (χ0v) is 9.52. The molecular formula is C13H20O. The van der Waals surface area contributed by atoms with E-state index < -0.39 is 0 Å². The van der Waals surface area contributed by atoms with Crippen molar-refractivity contribution in [2.24, 2.45) is 16.7 Å². The van der Waals surface area contributed by atoms with Gasteiger partial charge in [-0.05, 0) is 30.1 Å². The summed E-state index contributed by atoms with van der Waals surface area (Å²) in [5.74, 6) is 0.598. The van der Waals surface area contributed by atoms with Crippen molar-refractivity contribution in [2.45, 2.75) is 46.5 Å². The monoisotopic (exact) mass is 192 g/mol. The Hall–Kier alpha value is -0.590. The molecule has 14 heavy (non-hydrogen) atoms. The molecule has 2 rings (SSSR count). The summed E-state index contributed by atoms with van der Waals surface area (Å²) >= 11 is 0. The second-order valence-electron chi connectivity index (χ2n) is 5.89. The van der Waals surface area contributed by atoms with Crippen LogP contribution in [0.15, 0.2) is 12.2 Å². The third kappa shape index (κ3) is 1.04. The lowest BCUT2D eigenvalue weighted by Crippen LogP contribution is -2.41. The van der Waals surface area contributed by atoms with Crippen molar-refractivity contribution in [2.75, 3.05) is 0 Å². The van der Waals surface area contributed by atoms with Crippen LogP contribution in [-0.2, 0) is 4.79 Å². The van der Waals surface area contributed by atoms with Crippen molar-refractivity contribution >= 4 is 5.78 Å². The maximum absolute atomic E-state index is 11.9. The van der Waals surface area contributed by atoms with Crippen LogP contribution in [0.4, 0.5) is 0 Å². The Labute approximate surface area is 86.6 Å².